The van der Waals surface area contributed by atoms with Crippen LogP contribution in [0.15, 0.2) is 57.2 Å². The van der Waals surface area contributed by atoms with Crippen LogP contribution in [-0.2, 0) is 14.3 Å². The number of amides is 1. The minimum atomic E-state index is -0.627. The van der Waals surface area contributed by atoms with Crippen molar-refractivity contribution in [3.05, 3.63) is 63.3 Å². The highest BCUT2D eigenvalue weighted by Crippen LogP contribution is 2.35. The van der Waals surface area contributed by atoms with E-state index in [2.05, 4.69) is 37.1 Å². The van der Waals surface area contributed by atoms with Crippen LogP contribution >= 0.6 is 28.1 Å². The van der Waals surface area contributed by atoms with Crippen molar-refractivity contribution >= 4 is 51.4 Å². The molecule has 1 atom stereocenters. The molecule has 3 rings (SSSR count). The highest BCUT2D eigenvalue weighted by atomic mass is 79.9. The van der Waals surface area contributed by atoms with Crippen molar-refractivity contribution < 1.29 is 28.9 Å². The Morgan fingerprint density at radius 3 is 2.68 bits per heavy atom. The van der Waals surface area contributed by atoms with Gasteiger partial charge in [0.1, 0.15) is 5.75 Å². The number of hydrogen-bond acceptors (Lipinski definition) is 8. The number of phenols is 1. The van der Waals surface area contributed by atoms with Gasteiger partial charge in [0.05, 0.1) is 35.5 Å². The molecule has 2 aromatic carbocycles. The van der Waals surface area contributed by atoms with Crippen molar-refractivity contribution in [3.8, 4) is 17.2 Å². The average molecular weight is 591 g/mol. The molecule has 10 nitrogen and oxygen atoms in total. The van der Waals surface area contributed by atoms with E-state index in [9.17, 15) is 14.7 Å². The van der Waals surface area contributed by atoms with E-state index in [-0.39, 0.29) is 19.0 Å². The second-order valence-electron chi connectivity index (χ2n) is 7.69. The lowest BCUT2D eigenvalue weighted by Gasteiger charge is -2.30. The summed E-state index contributed by atoms with van der Waals surface area (Å²) in [4.78, 5) is 25.1. The molecule has 0 unspecified atom stereocenters. The first kappa shape index (κ1) is 27.9. The molecule has 0 aromatic heterocycles. The first-order chi connectivity index (χ1) is 17.7. The van der Waals surface area contributed by atoms with Gasteiger partial charge in [-0.2, -0.15) is 5.10 Å². The number of benzene rings is 2. The first-order valence-corrected chi connectivity index (χ1v) is 12.6. The molecule has 37 heavy (non-hydrogen) atoms. The third kappa shape index (κ3) is 7.20. The predicted octanol–water partition coefficient (Wildman–Crippen LogP) is 3.44. The van der Waals surface area contributed by atoms with Crippen LogP contribution in [0.1, 0.15) is 37.9 Å². The van der Waals surface area contributed by atoms with Crippen molar-refractivity contribution in [1.29, 1.82) is 0 Å². The molecule has 0 radical (unpaired) electrons. The standard InChI is InChI=1S/C25H27BrN4O6S/c1-4-34-19-11-15(10-17(26)23(19)32)12-27-30-20(31)13-36-18-9-7-6-8-16(18)22-21(24(33)35-5-2)14(3)28-25(37)29-22/h6-12,22,32H,4-5,13H2,1-3H3,(H,30,31)(H2,28,29,37)/t22-/m0/s1. The third-order valence-electron chi connectivity index (χ3n) is 5.11. The molecule has 1 aliphatic rings. The van der Waals surface area contributed by atoms with E-state index in [1.807, 2.05) is 0 Å². The molecular formula is C25H27BrN4O6S. The summed E-state index contributed by atoms with van der Waals surface area (Å²) in [6, 6.07) is 9.63. The maximum atomic E-state index is 12.7. The summed E-state index contributed by atoms with van der Waals surface area (Å²) >= 11 is 8.54. The molecule has 4 N–H and O–H groups in total. The third-order valence-corrected chi connectivity index (χ3v) is 5.93. The minimum absolute atomic E-state index is 0.0183. The number of ether oxygens (including phenoxy) is 3. The highest BCUT2D eigenvalue weighted by Gasteiger charge is 2.32. The van der Waals surface area contributed by atoms with Crippen LogP contribution in [0.2, 0.25) is 0 Å². The number of nitrogens with one attached hydrogen (secondary N) is 3. The molecule has 0 bridgehead atoms. The molecule has 1 aliphatic heterocycles. The molecule has 0 saturated carbocycles. The minimum Gasteiger partial charge on any atom is -0.503 e. The van der Waals surface area contributed by atoms with Gasteiger partial charge < -0.3 is 30.0 Å². The summed E-state index contributed by atoms with van der Waals surface area (Å²) in [5.41, 5.74) is 4.55. The number of carbonyl (C=O) groups excluding carboxylic acids is 2. The van der Waals surface area contributed by atoms with E-state index in [4.69, 9.17) is 26.4 Å². The molecule has 196 valence electrons. The van der Waals surface area contributed by atoms with Crippen molar-refractivity contribution in [2.75, 3.05) is 19.8 Å². The smallest absolute Gasteiger partial charge is 0.338 e. The number of phenolic OH excluding ortho intramolecular Hbond substituents is 1. The number of nitrogens with zero attached hydrogens (tertiary/aromatic N) is 1. The molecular weight excluding hydrogens is 564 g/mol. The molecule has 0 aliphatic carbocycles. The monoisotopic (exact) mass is 590 g/mol. The number of para-hydroxylation sites is 1. The van der Waals surface area contributed by atoms with E-state index >= 15 is 0 Å². The van der Waals surface area contributed by atoms with Gasteiger partial charge >= 0.3 is 5.97 Å². The van der Waals surface area contributed by atoms with Crippen LogP contribution < -0.4 is 25.5 Å². The second-order valence-corrected chi connectivity index (χ2v) is 8.96. The van der Waals surface area contributed by atoms with Gasteiger partial charge in [0.15, 0.2) is 23.2 Å². The number of aromatic hydroxyl groups is 1. The Balaban J connectivity index is 1.70. The van der Waals surface area contributed by atoms with E-state index in [1.165, 1.54) is 6.21 Å². The lowest BCUT2D eigenvalue weighted by atomic mass is 9.95. The van der Waals surface area contributed by atoms with Gasteiger partial charge in [0.2, 0.25) is 0 Å². The summed E-state index contributed by atoms with van der Waals surface area (Å²) in [5.74, 6) is -0.317. The van der Waals surface area contributed by atoms with E-state index in [1.54, 1.807) is 57.2 Å². The number of carbonyl (C=O) groups is 2. The van der Waals surface area contributed by atoms with Crippen LogP contribution in [-0.4, -0.2) is 48.1 Å². The summed E-state index contributed by atoms with van der Waals surface area (Å²) < 4.78 is 16.8. The SMILES string of the molecule is CCOC(=O)C1=C(C)NC(=S)N[C@H]1c1ccccc1OCC(=O)NN=Cc1cc(Br)c(O)c(OCC)c1. The zero-order chi connectivity index (χ0) is 26.9. The number of hydrogen-bond donors (Lipinski definition) is 4. The molecule has 0 fully saturated rings. The number of allylic oxidation sites excluding steroid dienone is 1. The van der Waals surface area contributed by atoms with Gasteiger partial charge in [-0.1, -0.05) is 18.2 Å². The van der Waals surface area contributed by atoms with Crippen LogP contribution in [0.25, 0.3) is 0 Å². The fourth-order valence-electron chi connectivity index (χ4n) is 3.55. The largest absolute Gasteiger partial charge is 0.503 e. The quantitative estimate of drug-likeness (QED) is 0.142. The Hall–Kier alpha value is -3.64. The Labute approximate surface area is 228 Å². The van der Waals surface area contributed by atoms with Crippen LogP contribution in [0.5, 0.6) is 17.2 Å². The van der Waals surface area contributed by atoms with Crippen LogP contribution in [0.3, 0.4) is 0 Å². The number of halogens is 1. The lowest BCUT2D eigenvalue weighted by Crippen LogP contribution is -2.45. The van der Waals surface area contributed by atoms with Gasteiger partial charge in [-0.15, -0.1) is 0 Å². The van der Waals surface area contributed by atoms with Gasteiger partial charge in [0.25, 0.3) is 5.91 Å². The number of thiocarbonyl (C=S) groups is 1. The van der Waals surface area contributed by atoms with Crippen LogP contribution in [0, 0.1) is 0 Å². The van der Waals surface area contributed by atoms with E-state index in [0.29, 0.717) is 50.1 Å². The Bertz CT molecular complexity index is 1250. The summed E-state index contributed by atoms with van der Waals surface area (Å²) in [6.07, 6.45) is 1.41. The fraction of sp³-hybridized carbons (Fsp3) is 0.280. The average Bonchev–Trinajstić information content (AvgIpc) is 2.85. The first-order valence-electron chi connectivity index (χ1n) is 11.4. The van der Waals surface area contributed by atoms with Gasteiger partial charge in [-0.25, -0.2) is 10.2 Å². The maximum absolute atomic E-state index is 12.7. The Morgan fingerprint density at radius 1 is 1.19 bits per heavy atom. The van der Waals surface area contributed by atoms with Crippen molar-refractivity contribution in [2.45, 2.75) is 26.8 Å². The fourth-order valence-corrected chi connectivity index (χ4v) is 4.28. The normalized spacial score (nSPS) is 15.1. The number of esters is 1. The van der Waals surface area contributed by atoms with Gasteiger partial charge in [0, 0.05) is 11.3 Å². The maximum Gasteiger partial charge on any atom is 0.338 e. The highest BCUT2D eigenvalue weighted by molar-refractivity contribution is 9.10. The molecule has 12 heteroatoms. The molecule has 2 aromatic rings. The Kier molecular flexibility index (Phi) is 9.86. The summed E-state index contributed by atoms with van der Waals surface area (Å²) in [6.45, 7) is 5.55. The zero-order valence-corrected chi connectivity index (χ0v) is 22.9. The molecule has 1 heterocycles. The Morgan fingerprint density at radius 2 is 1.95 bits per heavy atom. The molecule has 0 spiro atoms. The topological polar surface area (TPSA) is 131 Å². The number of hydrazone groups is 1. The summed E-state index contributed by atoms with van der Waals surface area (Å²) in [5, 5.41) is 20.3. The number of rotatable bonds is 10. The van der Waals surface area contributed by atoms with Gasteiger partial charge in [-0.05, 0) is 72.7 Å². The van der Waals surface area contributed by atoms with Crippen molar-refractivity contribution in [2.24, 2.45) is 5.10 Å². The van der Waals surface area contributed by atoms with Gasteiger partial charge in [-0.3, -0.25) is 4.79 Å². The summed E-state index contributed by atoms with van der Waals surface area (Å²) in [7, 11) is 0. The van der Waals surface area contributed by atoms with Crippen LogP contribution in [0.4, 0.5) is 0 Å². The second kappa shape index (κ2) is 13.1. The zero-order valence-electron chi connectivity index (χ0n) is 20.5. The lowest BCUT2D eigenvalue weighted by molar-refractivity contribution is -0.139. The van der Waals surface area contributed by atoms with E-state index < -0.39 is 17.9 Å². The van der Waals surface area contributed by atoms with Crippen molar-refractivity contribution in [3.63, 3.8) is 0 Å². The van der Waals surface area contributed by atoms with Crippen molar-refractivity contribution in [1.82, 2.24) is 16.1 Å². The molecule has 0 saturated heterocycles. The molecule has 1 amide bonds. The van der Waals surface area contributed by atoms with E-state index in [0.717, 1.165) is 0 Å². The predicted molar refractivity (Wildman–Crippen MR) is 146 cm³/mol.